The van der Waals surface area contributed by atoms with E-state index in [1.165, 1.54) is 25.7 Å². The highest BCUT2D eigenvalue weighted by molar-refractivity contribution is 6.08. The van der Waals surface area contributed by atoms with Gasteiger partial charge in [0.05, 0.1) is 14.2 Å². The molecule has 1 saturated carbocycles. The van der Waals surface area contributed by atoms with Crippen molar-refractivity contribution in [1.29, 1.82) is 0 Å². The van der Waals surface area contributed by atoms with Crippen LogP contribution in [-0.2, 0) is 9.53 Å². The minimum Gasteiger partial charge on any atom is -0.497 e. The predicted octanol–water partition coefficient (Wildman–Crippen LogP) is 4.61. The molecule has 0 saturated heterocycles. The first kappa shape index (κ1) is 18.5. The zero-order chi connectivity index (χ0) is 18.5. The quantitative estimate of drug-likeness (QED) is 0.551. The van der Waals surface area contributed by atoms with E-state index in [0.29, 0.717) is 23.1 Å². The van der Waals surface area contributed by atoms with E-state index in [0.717, 1.165) is 24.3 Å². The molecule has 5 heteroatoms. The molecule has 0 unspecified atom stereocenters. The fourth-order valence-electron chi connectivity index (χ4n) is 3.81. The number of hydrogen-bond donors (Lipinski definition) is 0. The molecule has 1 aromatic rings. The van der Waals surface area contributed by atoms with Crippen LogP contribution in [0.25, 0.3) is 6.08 Å². The highest BCUT2D eigenvalue weighted by Gasteiger charge is 2.32. The Bertz CT molecular complexity index is 715. The average molecular weight is 357 g/mol. The molecule has 1 aliphatic heterocycles. The van der Waals surface area contributed by atoms with Gasteiger partial charge in [-0.25, -0.2) is 9.79 Å². The van der Waals surface area contributed by atoms with E-state index in [4.69, 9.17) is 14.2 Å². The van der Waals surface area contributed by atoms with Gasteiger partial charge in [-0.15, -0.1) is 0 Å². The van der Waals surface area contributed by atoms with Gasteiger partial charge in [0.2, 0.25) is 5.90 Å². The van der Waals surface area contributed by atoms with Crippen LogP contribution in [0.2, 0.25) is 0 Å². The standard InChI is InChI=1S/C21H27NO4/c1-4-5-14-6-8-15(9-7-14)20-22-18(21(23)26-20)13-16-12-17(24-2)10-11-19(16)25-3/h10-15H,4-9H2,1-3H3/b18-13+. The topological polar surface area (TPSA) is 57.1 Å². The largest absolute Gasteiger partial charge is 0.497 e. The zero-order valence-corrected chi connectivity index (χ0v) is 15.8. The summed E-state index contributed by atoms with van der Waals surface area (Å²) in [6.45, 7) is 2.23. The van der Waals surface area contributed by atoms with Crippen molar-refractivity contribution in [2.45, 2.75) is 45.4 Å². The third kappa shape index (κ3) is 4.09. The van der Waals surface area contributed by atoms with Gasteiger partial charge in [-0.2, -0.15) is 0 Å². The Hall–Kier alpha value is -2.30. The molecule has 1 aromatic carbocycles. The summed E-state index contributed by atoms with van der Waals surface area (Å²) in [5, 5.41) is 0. The summed E-state index contributed by atoms with van der Waals surface area (Å²) in [6, 6.07) is 5.45. The van der Waals surface area contributed by atoms with E-state index in [9.17, 15) is 4.79 Å². The van der Waals surface area contributed by atoms with Crippen molar-refractivity contribution >= 4 is 17.9 Å². The highest BCUT2D eigenvalue weighted by atomic mass is 16.6. The molecule has 1 heterocycles. The molecule has 26 heavy (non-hydrogen) atoms. The second-order valence-corrected chi connectivity index (χ2v) is 6.98. The first-order valence-corrected chi connectivity index (χ1v) is 9.39. The molecule has 0 N–H and O–H groups in total. The van der Waals surface area contributed by atoms with Gasteiger partial charge in [0.15, 0.2) is 5.70 Å². The predicted molar refractivity (Wildman–Crippen MR) is 101 cm³/mol. The van der Waals surface area contributed by atoms with Crippen molar-refractivity contribution < 1.29 is 19.0 Å². The summed E-state index contributed by atoms with van der Waals surface area (Å²) in [7, 11) is 3.20. The first-order valence-electron chi connectivity index (χ1n) is 9.39. The Morgan fingerprint density at radius 1 is 1.19 bits per heavy atom. The van der Waals surface area contributed by atoms with Crippen molar-refractivity contribution in [2.75, 3.05) is 14.2 Å². The van der Waals surface area contributed by atoms with Gasteiger partial charge in [-0.05, 0) is 55.9 Å². The number of nitrogens with zero attached hydrogens (tertiary/aromatic N) is 1. The first-order chi connectivity index (χ1) is 12.6. The van der Waals surface area contributed by atoms with Crippen LogP contribution in [-0.4, -0.2) is 26.1 Å². The summed E-state index contributed by atoms with van der Waals surface area (Å²) in [6.07, 6.45) is 8.72. The van der Waals surface area contributed by atoms with E-state index in [2.05, 4.69) is 11.9 Å². The van der Waals surface area contributed by atoms with Gasteiger partial charge < -0.3 is 14.2 Å². The molecule has 2 aliphatic rings. The van der Waals surface area contributed by atoms with Crippen molar-refractivity contribution in [1.82, 2.24) is 0 Å². The molecule has 0 spiro atoms. The maximum absolute atomic E-state index is 12.3. The van der Waals surface area contributed by atoms with Gasteiger partial charge in [0, 0.05) is 11.5 Å². The van der Waals surface area contributed by atoms with E-state index >= 15 is 0 Å². The maximum Gasteiger partial charge on any atom is 0.363 e. The van der Waals surface area contributed by atoms with Crippen molar-refractivity contribution in [3.05, 3.63) is 29.5 Å². The Labute approximate surface area is 155 Å². The number of ether oxygens (including phenoxy) is 3. The Morgan fingerprint density at radius 3 is 2.62 bits per heavy atom. The van der Waals surface area contributed by atoms with E-state index in [1.54, 1.807) is 20.3 Å². The minimum atomic E-state index is -0.388. The number of carbonyl (C=O) groups excluding carboxylic acids is 1. The van der Waals surface area contributed by atoms with Gasteiger partial charge in [0.25, 0.3) is 0 Å². The second kappa shape index (κ2) is 8.39. The van der Waals surface area contributed by atoms with Gasteiger partial charge in [0.1, 0.15) is 11.5 Å². The number of carbonyl (C=O) groups is 1. The fraction of sp³-hybridized carbons (Fsp3) is 0.524. The number of esters is 1. The molecule has 0 amide bonds. The number of benzene rings is 1. The lowest BCUT2D eigenvalue weighted by Crippen LogP contribution is -2.22. The summed E-state index contributed by atoms with van der Waals surface area (Å²) >= 11 is 0. The van der Waals surface area contributed by atoms with Gasteiger partial charge in [-0.1, -0.05) is 19.8 Å². The number of aliphatic imine (C=N–C) groups is 1. The molecule has 5 nitrogen and oxygen atoms in total. The Balaban J connectivity index is 1.77. The Kier molecular flexibility index (Phi) is 5.96. The molecule has 1 aliphatic carbocycles. The minimum absolute atomic E-state index is 0.255. The van der Waals surface area contributed by atoms with Gasteiger partial charge >= 0.3 is 5.97 Å². The lowest BCUT2D eigenvalue weighted by molar-refractivity contribution is -0.130. The molecule has 0 aromatic heterocycles. The lowest BCUT2D eigenvalue weighted by Gasteiger charge is -2.27. The third-order valence-electron chi connectivity index (χ3n) is 5.26. The average Bonchev–Trinajstić information content (AvgIpc) is 3.03. The van der Waals surface area contributed by atoms with Gasteiger partial charge in [-0.3, -0.25) is 0 Å². The molecular weight excluding hydrogens is 330 g/mol. The summed E-state index contributed by atoms with van der Waals surface area (Å²) in [5.74, 6) is 2.62. The van der Waals surface area contributed by atoms with E-state index in [1.807, 2.05) is 18.2 Å². The summed E-state index contributed by atoms with van der Waals surface area (Å²) in [4.78, 5) is 16.8. The van der Waals surface area contributed by atoms with Crippen LogP contribution in [0.15, 0.2) is 28.9 Å². The van der Waals surface area contributed by atoms with Crippen molar-refractivity contribution in [2.24, 2.45) is 16.8 Å². The van der Waals surface area contributed by atoms with E-state index in [-0.39, 0.29) is 11.9 Å². The summed E-state index contributed by atoms with van der Waals surface area (Å²) in [5.41, 5.74) is 1.07. The molecule has 0 radical (unpaired) electrons. The zero-order valence-electron chi connectivity index (χ0n) is 15.8. The maximum atomic E-state index is 12.3. The number of methoxy groups -OCH3 is 2. The smallest absolute Gasteiger partial charge is 0.363 e. The van der Waals surface area contributed by atoms with Crippen LogP contribution in [0, 0.1) is 11.8 Å². The monoisotopic (exact) mass is 357 g/mol. The number of cyclic esters (lactones) is 1. The molecule has 0 bridgehead atoms. The SMILES string of the molecule is CCCC1CCC(C2=N/C(=C/c3cc(OC)ccc3OC)C(=O)O2)CC1. The molecule has 0 atom stereocenters. The van der Waals surface area contributed by atoms with E-state index < -0.39 is 0 Å². The van der Waals surface area contributed by atoms with Crippen LogP contribution in [0.3, 0.4) is 0 Å². The molecule has 3 rings (SSSR count). The van der Waals surface area contributed by atoms with Crippen molar-refractivity contribution in [3.8, 4) is 11.5 Å². The van der Waals surface area contributed by atoms with Crippen LogP contribution >= 0.6 is 0 Å². The second-order valence-electron chi connectivity index (χ2n) is 6.98. The lowest BCUT2D eigenvalue weighted by atomic mass is 9.80. The van der Waals surface area contributed by atoms with Crippen LogP contribution in [0.1, 0.15) is 51.0 Å². The number of rotatable bonds is 6. The molecule has 1 fully saturated rings. The normalized spacial score (nSPS) is 24.3. The van der Waals surface area contributed by atoms with Crippen LogP contribution < -0.4 is 9.47 Å². The molecule has 140 valence electrons. The van der Waals surface area contributed by atoms with Crippen LogP contribution in [0.4, 0.5) is 0 Å². The molecular formula is C21H27NO4. The highest BCUT2D eigenvalue weighted by Crippen LogP contribution is 2.35. The third-order valence-corrected chi connectivity index (χ3v) is 5.26. The van der Waals surface area contributed by atoms with Crippen LogP contribution in [0.5, 0.6) is 11.5 Å². The fourth-order valence-corrected chi connectivity index (χ4v) is 3.81. The number of hydrogen-bond acceptors (Lipinski definition) is 5. The Morgan fingerprint density at radius 2 is 1.96 bits per heavy atom. The summed E-state index contributed by atoms with van der Waals surface area (Å²) < 4.78 is 16.1. The van der Waals surface area contributed by atoms with Crippen molar-refractivity contribution in [3.63, 3.8) is 0 Å².